The molecule has 2 heteroatoms. The Kier molecular flexibility index (Phi) is 4.09. The molecule has 0 spiro atoms. The van der Waals surface area contributed by atoms with E-state index in [1.54, 1.807) is 0 Å². The van der Waals surface area contributed by atoms with Crippen LogP contribution in [0.2, 0.25) is 24.5 Å². The van der Waals surface area contributed by atoms with Crippen LogP contribution in [0.15, 0.2) is 0 Å². The molecule has 0 saturated heterocycles. The minimum absolute atomic E-state index is 0.531. The highest BCUT2D eigenvalue weighted by Crippen LogP contribution is 2.43. The summed E-state index contributed by atoms with van der Waals surface area (Å²) in [6.07, 6.45) is 1.23. The van der Waals surface area contributed by atoms with Gasteiger partial charge < -0.3 is 0 Å². The standard InChI is InChI=1S/C10H24BSi/c1-8-11-12(6,7)10(4,5)9(2)3/h9H,8H2,1-7H3. The molecule has 0 aromatic heterocycles. The molecule has 71 valence electrons. The smallest absolute Gasteiger partial charge is 0.0855 e. The lowest BCUT2D eigenvalue weighted by Crippen LogP contribution is -2.47. The normalized spacial score (nSPS) is 13.7. The molecule has 0 nitrogen and oxygen atoms in total. The van der Waals surface area contributed by atoms with Crippen molar-refractivity contribution in [1.82, 2.24) is 0 Å². The quantitative estimate of drug-likeness (QED) is 0.582. The predicted molar refractivity (Wildman–Crippen MR) is 62.6 cm³/mol. The van der Waals surface area contributed by atoms with Crippen LogP contribution in [0.4, 0.5) is 0 Å². The third-order valence-electron chi connectivity index (χ3n) is 3.82. The summed E-state index contributed by atoms with van der Waals surface area (Å²) in [5.74, 6) is 0.793. The van der Waals surface area contributed by atoms with Gasteiger partial charge in [0.25, 0.3) is 0 Å². The van der Waals surface area contributed by atoms with E-state index < -0.39 is 7.94 Å². The summed E-state index contributed by atoms with van der Waals surface area (Å²) in [5, 5.41) is 0.531. The van der Waals surface area contributed by atoms with Crippen molar-refractivity contribution in [2.24, 2.45) is 5.92 Å². The summed E-state index contributed by atoms with van der Waals surface area (Å²) in [5.41, 5.74) is 0. The molecule has 0 unspecified atom stereocenters. The van der Waals surface area contributed by atoms with Gasteiger partial charge in [-0.25, -0.2) is 0 Å². The fraction of sp³-hybridized carbons (Fsp3) is 1.00. The molecule has 0 aromatic rings. The Bertz CT molecular complexity index is 139. The molecule has 0 bridgehead atoms. The largest absolute Gasteiger partial charge is 0.103 e. The summed E-state index contributed by atoms with van der Waals surface area (Å²) in [6, 6.07) is 0. The Morgan fingerprint density at radius 3 is 1.92 bits per heavy atom. The minimum atomic E-state index is -1.12. The molecular weight excluding hydrogens is 159 g/mol. The zero-order valence-corrected chi connectivity index (χ0v) is 10.9. The molecule has 0 fully saturated rings. The van der Waals surface area contributed by atoms with E-state index >= 15 is 0 Å². The second-order valence-electron chi connectivity index (χ2n) is 5.21. The average molecular weight is 183 g/mol. The molecule has 0 amide bonds. The monoisotopic (exact) mass is 183 g/mol. The van der Waals surface area contributed by atoms with Crippen LogP contribution in [0.25, 0.3) is 0 Å². The molecule has 0 aliphatic carbocycles. The molecule has 0 aromatic carbocycles. The molecule has 0 aliphatic heterocycles. The maximum absolute atomic E-state index is 2.58. The average Bonchev–Trinajstić information content (AvgIpc) is 1.86. The molecule has 12 heavy (non-hydrogen) atoms. The Hall–Kier alpha value is 0.282. The third kappa shape index (κ3) is 2.38. The van der Waals surface area contributed by atoms with Gasteiger partial charge in [-0.2, -0.15) is 0 Å². The molecule has 1 radical (unpaired) electrons. The zero-order valence-electron chi connectivity index (χ0n) is 9.86. The van der Waals surface area contributed by atoms with Gasteiger partial charge in [0.05, 0.1) is 0 Å². The van der Waals surface area contributed by atoms with E-state index in [0.29, 0.717) is 5.04 Å². The zero-order chi connectivity index (χ0) is 9.99. The third-order valence-corrected chi connectivity index (χ3v) is 9.15. The van der Waals surface area contributed by atoms with Crippen LogP contribution in [0.3, 0.4) is 0 Å². The topological polar surface area (TPSA) is 0 Å². The first kappa shape index (κ1) is 12.3. The fourth-order valence-corrected chi connectivity index (χ4v) is 4.55. The van der Waals surface area contributed by atoms with E-state index in [4.69, 9.17) is 0 Å². The molecule has 0 saturated carbocycles. The van der Waals surface area contributed by atoms with E-state index in [1.807, 2.05) is 0 Å². The first-order valence-electron chi connectivity index (χ1n) is 5.10. The highest BCUT2D eigenvalue weighted by Gasteiger charge is 2.39. The van der Waals surface area contributed by atoms with Gasteiger partial charge in [0.15, 0.2) is 0 Å². The lowest BCUT2D eigenvalue weighted by atomic mass is 9.98. The van der Waals surface area contributed by atoms with Crippen LogP contribution in [0.5, 0.6) is 0 Å². The minimum Gasteiger partial charge on any atom is -0.0855 e. The fourth-order valence-electron chi connectivity index (χ4n) is 1.52. The first-order valence-corrected chi connectivity index (χ1v) is 8.17. The summed E-state index contributed by atoms with van der Waals surface area (Å²) >= 11 is 0. The van der Waals surface area contributed by atoms with E-state index in [9.17, 15) is 0 Å². The van der Waals surface area contributed by atoms with Crippen molar-refractivity contribution in [3.05, 3.63) is 0 Å². The molecule has 0 aliphatic rings. The number of rotatable bonds is 4. The summed E-state index contributed by atoms with van der Waals surface area (Å²) in [4.78, 5) is 0. The Morgan fingerprint density at radius 2 is 1.67 bits per heavy atom. The van der Waals surface area contributed by atoms with Crippen molar-refractivity contribution in [1.29, 1.82) is 0 Å². The van der Waals surface area contributed by atoms with Gasteiger partial charge >= 0.3 is 0 Å². The Balaban J connectivity index is 4.50. The van der Waals surface area contributed by atoms with Gasteiger partial charge in [-0.1, -0.05) is 54.0 Å². The maximum atomic E-state index is 2.58. The first-order chi connectivity index (χ1) is 5.25. The molecule has 0 heterocycles. The van der Waals surface area contributed by atoms with Gasteiger partial charge in [0.1, 0.15) is 6.87 Å². The van der Waals surface area contributed by atoms with Crippen molar-refractivity contribution < 1.29 is 0 Å². The molecule has 0 N–H and O–H groups in total. The van der Waals surface area contributed by atoms with E-state index in [-0.39, 0.29) is 0 Å². The predicted octanol–water partition coefficient (Wildman–Crippen LogP) is 3.77. The van der Waals surface area contributed by atoms with Crippen molar-refractivity contribution >= 4 is 14.8 Å². The summed E-state index contributed by atoms with van der Waals surface area (Å²) in [7, 11) is -1.12. The summed E-state index contributed by atoms with van der Waals surface area (Å²) in [6.45, 7) is 19.3. The molecule has 0 atom stereocenters. The van der Waals surface area contributed by atoms with Gasteiger partial charge in [-0.05, 0) is 11.0 Å². The lowest BCUT2D eigenvalue weighted by Gasteiger charge is -2.43. The summed E-state index contributed by atoms with van der Waals surface area (Å²) < 4.78 is 0. The number of hydrogen-bond donors (Lipinski definition) is 0. The van der Waals surface area contributed by atoms with Crippen LogP contribution in [0.1, 0.15) is 34.6 Å². The van der Waals surface area contributed by atoms with Crippen molar-refractivity contribution in [2.75, 3.05) is 0 Å². The van der Waals surface area contributed by atoms with Crippen LogP contribution >= 0.6 is 0 Å². The SMILES string of the molecule is CC[B][Si](C)(C)C(C)(C)C(C)C. The number of hydrogen-bond acceptors (Lipinski definition) is 0. The van der Waals surface area contributed by atoms with Crippen LogP contribution < -0.4 is 0 Å². The van der Waals surface area contributed by atoms with Crippen LogP contribution in [-0.2, 0) is 0 Å². The van der Waals surface area contributed by atoms with Crippen molar-refractivity contribution in [2.45, 2.75) is 59.1 Å². The van der Waals surface area contributed by atoms with Crippen LogP contribution in [-0.4, -0.2) is 14.8 Å². The van der Waals surface area contributed by atoms with E-state index in [2.05, 4.69) is 54.6 Å². The highest BCUT2D eigenvalue weighted by molar-refractivity contribution is 7.25. The van der Waals surface area contributed by atoms with Crippen molar-refractivity contribution in [3.8, 4) is 0 Å². The van der Waals surface area contributed by atoms with Gasteiger partial charge in [0.2, 0.25) is 0 Å². The van der Waals surface area contributed by atoms with E-state index in [1.165, 1.54) is 6.32 Å². The van der Waals surface area contributed by atoms with Crippen LogP contribution in [0, 0.1) is 5.92 Å². The molecule has 0 rings (SSSR count). The Morgan fingerprint density at radius 1 is 1.25 bits per heavy atom. The van der Waals surface area contributed by atoms with Gasteiger partial charge in [-0.15, -0.1) is 0 Å². The second-order valence-corrected chi connectivity index (χ2v) is 10.4. The van der Waals surface area contributed by atoms with Crippen molar-refractivity contribution in [3.63, 3.8) is 0 Å². The van der Waals surface area contributed by atoms with E-state index in [0.717, 1.165) is 5.92 Å². The highest BCUT2D eigenvalue weighted by atomic mass is 28.3. The van der Waals surface area contributed by atoms with Gasteiger partial charge in [-0.3, -0.25) is 0 Å². The van der Waals surface area contributed by atoms with Gasteiger partial charge in [0, 0.05) is 7.94 Å². The molecular formula is C10H24BSi. The lowest BCUT2D eigenvalue weighted by molar-refractivity contribution is 0.464. The second kappa shape index (κ2) is 3.99. The Labute approximate surface area is 80.3 Å². The maximum Gasteiger partial charge on any atom is 0.103 e.